The molecule has 0 aliphatic carbocycles. The van der Waals surface area contributed by atoms with Gasteiger partial charge in [-0.25, -0.2) is 0 Å². The number of ether oxygens (including phenoxy) is 1. The van der Waals surface area contributed by atoms with Gasteiger partial charge < -0.3 is 14.4 Å². The van der Waals surface area contributed by atoms with Crippen LogP contribution in [0.1, 0.15) is 17.2 Å². The molecular weight excluding hydrogens is 433 g/mol. The van der Waals surface area contributed by atoms with E-state index in [0.717, 1.165) is 12.1 Å². The first-order chi connectivity index (χ1) is 14.8. The van der Waals surface area contributed by atoms with Crippen molar-refractivity contribution in [3.8, 4) is 28.3 Å². The Morgan fingerprint density at radius 3 is 2.42 bits per heavy atom. The fourth-order valence-electron chi connectivity index (χ4n) is 3.12. The number of halogens is 4. The number of alkyl halides is 3. The van der Waals surface area contributed by atoms with Crippen molar-refractivity contribution in [1.82, 2.24) is 10.1 Å². The predicted molar refractivity (Wildman–Crippen MR) is 107 cm³/mol. The fraction of sp³-hybridized carbons (Fsp3) is 0.0909. The SMILES string of the molecule is OC(c1cccnc1)c1c(-c2ccc(OC(F)(F)F)cc2)noc1-c1cccc(Cl)c1. The van der Waals surface area contributed by atoms with Gasteiger partial charge in [0.25, 0.3) is 0 Å². The molecule has 0 fully saturated rings. The Hall–Kier alpha value is -3.36. The summed E-state index contributed by atoms with van der Waals surface area (Å²) in [6, 6.07) is 15.3. The standard InChI is InChI=1S/C22H14ClF3N2O3/c23-16-5-1-3-14(11-16)21-18(20(29)15-4-2-10-27-12-15)19(28-31-21)13-6-8-17(9-7-13)30-22(24,25)26/h1-12,20,29H. The number of aromatic nitrogens is 2. The molecule has 158 valence electrons. The van der Waals surface area contributed by atoms with E-state index in [9.17, 15) is 18.3 Å². The second-order valence-corrected chi connectivity index (χ2v) is 6.98. The zero-order valence-corrected chi connectivity index (χ0v) is 16.4. The van der Waals surface area contributed by atoms with Crippen LogP contribution in [0, 0.1) is 0 Å². The molecule has 5 nitrogen and oxygen atoms in total. The highest BCUT2D eigenvalue weighted by atomic mass is 35.5. The normalized spacial score (nSPS) is 12.5. The van der Waals surface area contributed by atoms with Crippen molar-refractivity contribution >= 4 is 11.6 Å². The molecular formula is C22H14ClF3N2O3. The van der Waals surface area contributed by atoms with Crippen LogP contribution in [0.2, 0.25) is 5.02 Å². The van der Waals surface area contributed by atoms with E-state index in [1.807, 2.05) is 0 Å². The third-order valence-corrected chi connectivity index (χ3v) is 4.68. The topological polar surface area (TPSA) is 68.4 Å². The van der Waals surface area contributed by atoms with E-state index in [2.05, 4.69) is 14.9 Å². The molecule has 1 N–H and O–H groups in total. The van der Waals surface area contributed by atoms with Crippen LogP contribution in [0.3, 0.4) is 0 Å². The van der Waals surface area contributed by atoms with Crippen molar-refractivity contribution in [2.45, 2.75) is 12.5 Å². The fourth-order valence-corrected chi connectivity index (χ4v) is 3.31. The molecule has 0 amide bonds. The quantitative estimate of drug-likeness (QED) is 0.405. The highest BCUT2D eigenvalue weighted by Crippen LogP contribution is 2.40. The summed E-state index contributed by atoms with van der Waals surface area (Å²) >= 11 is 6.10. The summed E-state index contributed by atoms with van der Waals surface area (Å²) in [7, 11) is 0. The Labute approximate surface area is 179 Å². The molecule has 2 aromatic heterocycles. The average molecular weight is 447 g/mol. The second-order valence-electron chi connectivity index (χ2n) is 6.55. The molecule has 1 atom stereocenters. The summed E-state index contributed by atoms with van der Waals surface area (Å²) in [6.45, 7) is 0. The van der Waals surface area contributed by atoms with Crippen LogP contribution >= 0.6 is 11.6 Å². The lowest BCUT2D eigenvalue weighted by Crippen LogP contribution is -2.16. The molecule has 4 aromatic rings. The van der Waals surface area contributed by atoms with E-state index in [0.29, 0.717) is 27.3 Å². The first-order valence-corrected chi connectivity index (χ1v) is 9.39. The molecule has 0 saturated heterocycles. The molecule has 0 spiro atoms. The van der Waals surface area contributed by atoms with Gasteiger partial charge in [-0.15, -0.1) is 13.2 Å². The number of pyridine rings is 1. The van der Waals surface area contributed by atoms with Gasteiger partial charge in [0.15, 0.2) is 5.76 Å². The highest BCUT2D eigenvalue weighted by Gasteiger charge is 2.31. The molecule has 0 aliphatic heterocycles. The average Bonchev–Trinajstić information content (AvgIpc) is 3.18. The summed E-state index contributed by atoms with van der Waals surface area (Å²) in [5.74, 6) is -0.0892. The Kier molecular flexibility index (Phi) is 5.67. The zero-order valence-electron chi connectivity index (χ0n) is 15.7. The highest BCUT2D eigenvalue weighted by molar-refractivity contribution is 6.30. The van der Waals surface area contributed by atoms with Gasteiger partial charge in [0.05, 0.1) is 5.56 Å². The predicted octanol–water partition coefficient (Wildman–Crippen LogP) is 6.04. The molecule has 0 saturated carbocycles. The molecule has 2 aromatic carbocycles. The number of nitrogens with zero attached hydrogens (tertiary/aromatic N) is 2. The second kappa shape index (κ2) is 8.41. The van der Waals surface area contributed by atoms with Gasteiger partial charge in [0.2, 0.25) is 0 Å². The summed E-state index contributed by atoms with van der Waals surface area (Å²) in [6.07, 6.45) is -2.88. The number of aliphatic hydroxyl groups is 1. The van der Waals surface area contributed by atoms with Crippen molar-refractivity contribution in [3.63, 3.8) is 0 Å². The van der Waals surface area contributed by atoms with Crippen LogP contribution in [-0.2, 0) is 0 Å². The smallest absolute Gasteiger partial charge is 0.406 e. The van der Waals surface area contributed by atoms with Gasteiger partial charge >= 0.3 is 6.36 Å². The number of hydrogen-bond acceptors (Lipinski definition) is 5. The monoisotopic (exact) mass is 446 g/mol. The first-order valence-electron chi connectivity index (χ1n) is 9.01. The van der Waals surface area contributed by atoms with Crippen LogP contribution in [0.4, 0.5) is 13.2 Å². The lowest BCUT2D eigenvalue weighted by molar-refractivity contribution is -0.274. The van der Waals surface area contributed by atoms with E-state index < -0.39 is 12.5 Å². The number of hydrogen-bond donors (Lipinski definition) is 1. The molecule has 31 heavy (non-hydrogen) atoms. The number of benzene rings is 2. The van der Waals surface area contributed by atoms with Crippen LogP contribution in [0.25, 0.3) is 22.6 Å². The number of aliphatic hydroxyl groups excluding tert-OH is 1. The van der Waals surface area contributed by atoms with Crippen molar-refractivity contribution in [1.29, 1.82) is 0 Å². The van der Waals surface area contributed by atoms with Crippen molar-refractivity contribution in [2.75, 3.05) is 0 Å². The zero-order chi connectivity index (χ0) is 22.0. The van der Waals surface area contributed by atoms with Crippen LogP contribution in [0.5, 0.6) is 5.75 Å². The molecule has 0 aliphatic rings. The maximum absolute atomic E-state index is 12.4. The van der Waals surface area contributed by atoms with E-state index in [-0.39, 0.29) is 17.2 Å². The summed E-state index contributed by atoms with van der Waals surface area (Å²) in [4.78, 5) is 4.03. The van der Waals surface area contributed by atoms with E-state index >= 15 is 0 Å². The third-order valence-electron chi connectivity index (χ3n) is 4.45. The molecule has 1 unspecified atom stereocenters. The van der Waals surface area contributed by atoms with E-state index in [1.54, 1.807) is 42.6 Å². The van der Waals surface area contributed by atoms with Gasteiger partial charge in [0.1, 0.15) is 17.5 Å². The molecule has 2 heterocycles. The van der Waals surface area contributed by atoms with Crippen molar-refractivity contribution in [3.05, 3.63) is 89.2 Å². The first kappa shape index (κ1) is 20.9. The summed E-state index contributed by atoms with van der Waals surface area (Å²) in [5.41, 5.74) is 2.11. The minimum Gasteiger partial charge on any atom is -0.406 e. The maximum Gasteiger partial charge on any atom is 0.573 e. The van der Waals surface area contributed by atoms with E-state index in [4.69, 9.17) is 16.1 Å². The number of rotatable bonds is 5. The summed E-state index contributed by atoms with van der Waals surface area (Å²) < 4.78 is 46.8. The van der Waals surface area contributed by atoms with Crippen LogP contribution in [-0.4, -0.2) is 21.6 Å². The molecule has 4 rings (SSSR count). The van der Waals surface area contributed by atoms with Crippen molar-refractivity contribution < 1.29 is 27.5 Å². The van der Waals surface area contributed by atoms with Gasteiger partial charge in [-0.2, -0.15) is 0 Å². The van der Waals surface area contributed by atoms with Gasteiger partial charge in [-0.1, -0.05) is 35.0 Å². The Balaban J connectivity index is 1.81. The van der Waals surface area contributed by atoms with Gasteiger partial charge in [-0.05, 0) is 42.5 Å². The van der Waals surface area contributed by atoms with E-state index in [1.165, 1.54) is 18.3 Å². The summed E-state index contributed by atoms with van der Waals surface area (Å²) in [5, 5.41) is 15.6. The Bertz CT molecular complexity index is 1180. The van der Waals surface area contributed by atoms with Crippen LogP contribution < -0.4 is 4.74 Å². The minimum atomic E-state index is -4.79. The minimum absolute atomic E-state index is 0.268. The largest absolute Gasteiger partial charge is 0.573 e. The maximum atomic E-state index is 12.4. The third kappa shape index (κ3) is 4.70. The lowest BCUT2D eigenvalue weighted by atomic mass is 9.95. The van der Waals surface area contributed by atoms with Crippen molar-refractivity contribution in [2.24, 2.45) is 0 Å². The molecule has 0 bridgehead atoms. The Morgan fingerprint density at radius 2 is 1.77 bits per heavy atom. The Morgan fingerprint density at radius 1 is 1.00 bits per heavy atom. The lowest BCUT2D eigenvalue weighted by Gasteiger charge is -2.13. The van der Waals surface area contributed by atoms with Crippen LogP contribution in [0.15, 0.2) is 77.6 Å². The van der Waals surface area contributed by atoms with Gasteiger partial charge in [0, 0.05) is 34.1 Å². The van der Waals surface area contributed by atoms with Gasteiger partial charge in [-0.3, -0.25) is 4.98 Å². The molecule has 9 heteroatoms. The molecule has 0 radical (unpaired) electrons.